The van der Waals surface area contributed by atoms with Gasteiger partial charge in [0.05, 0.1) is 17.8 Å². The van der Waals surface area contributed by atoms with Gasteiger partial charge in [-0.3, -0.25) is 5.41 Å². The van der Waals surface area contributed by atoms with E-state index in [1.807, 2.05) is 42.3 Å². The summed E-state index contributed by atoms with van der Waals surface area (Å²) in [5.41, 5.74) is 8.14. The van der Waals surface area contributed by atoms with Crippen LogP contribution >= 0.6 is 11.6 Å². The average Bonchev–Trinajstić information content (AvgIpc) is 2.47. The van der Waals surface area contributed by atoms with Crippen molar-refractivity contribution in [3.05, 3.63) is 58.6 Å². The molecule has 0 saturated carbocycles. The second kappa shape index (κ2) is 6.50. The van der Waals surface area contributed by atoms with Crippen LogP contribution in [-0.4, -0.2) is 20.0 Å². The fraction of sp³-hybridized carbons (Fsp3) is 0.188. The highest BCUT2D eigenvalue weighted by atomic mass is 35.5. The first-order valence-corrected chi connectivity index (χ1v) is 6.87. The van der Waals surface area contributed by atoms with Crippen molar-refractivity contribution in [3.63, 3.8) is 0 Å². The number of nitrogens with one attached hydrogen (secondary N) is 1. The first kappa shape index (κ1) is 15.2. The minimum Gasteiger partial charge on any atom is -0.497 e. The lowest BCUT2D eigenvalue weighted by Gasteiger charge is -2.21. The van der Waals surface area contributed by atoms with Gasteiger partial charge in [-0.15, -0.1) is 0 Å². The number of nitrogens with zero attached hydrogens (tertiary/aromatic N) is 1. The van der Waals surface area contributed by atoms with Gasteiger partial charge in [0.25, 0.3) is 0 Å². The Labute approximate surface area is 129 Å². The Bertz CT molecular complexity index is 640. The van der Waals surface area contributed by atoms with Crippen LogP contribution in [0.1, 0.15) is 11.1 Å². The molecule has 0 bridgehead atoms. The van der Waals surface area contributed by atoms with Gasteiger partial charge < -0.3 is 15.4 Å². The second-order valence-corrected chi connectivity index (χ2v) is 5.19. The molecule has 2 rings (SSSR count). The summed E-state index contributed by atoms with van der Waals surface area (Å²) in [5.74, 6) is 0.853. The summed E-state index contributed by atoms with van der Waals surface area (Å²) < 4.78 is 5.15. The van der Waals surface area contributed by atoms with E-state index < -0.39 is 0 Å². The van der Waals surface area contributed by atoms with Crippen LogP contribution < -0.4 is 15.4 Å². The van der Waals surface area contributed by atoms with Crippen molar-refractivity contribution in [1.82, 2.24) is 0 Å². The van der Waals surface area contributed by atoms with Gasteiger partial charge in [-0.2, -0.15) is 0 Å². The molecule has 4 nitrogen and oxygen atoms in total. The lowest BCUT2D eigenvalue weighted by molar-refractivity contribution is 0.414. The summed E-state index contributed by atoms with van der Waals surface area (Å²) in [6.07, 6.45) is 0. The lowest BCUT2D eigenvalue weighted by Crippen LogP contribution is -2.17. The molecule has 0 unspecified atom stereocenters. The summed E-state index contributed by atoms with van der Waals surface area (Å²) >= 11 is 6.27. The van der Waals surface area contributed by atoms with E-state index in [9.17, 15) is 0 Å². The number of halogens is 1. The number of nitrogen functional groups attached to an aromatic ring is 1. The van der Waals surface area contributed by atoms with Gasteiger partial charge >= 0.3 is 0 Å². The molecule has 0 aliphatic heterocycles. The number of methoxy groups -OCH3 is 1. The molecule has 0 aromatic heterocycles. The number of anilines is 1. The van der Waals surface area contributed by atoms with Crippen molar-refractivity contribution in [2.45, 2.75) is 6.54 Å². The molecule has 0 amide bonds. The molecule has 0 aliphatic carbocycles. The highest BCUT2D eigenvalue weighted by Crippen LogP contribution is 2.27. The summed E-state index contributed by atoms with van der Waals surface area (Å²) in [4.78, 5) is 2.05. The number of hydrogen-bond acceptors (Lipinski definition) is 3. The smallest absolute Gasteiger partial charge is 0.122 e. The van der Waals surface area contributed by atoms with E-state index in [-0.39, 0.29) is 5.84 Å². The Balaban J connectivity index is 2.15. The van der Waals surface area contributed by atoms with E-state index in [4.69, 9.17) is 27.5 Å². The van der Waals surface area contributed by atoms with Crippen LogP contribution in [0.3, 0.4) is 0 Å². The van der Waals surface area contributed by atoms with Gasteiger partial charge in [-0.25, -0.2) is 0 Å². The van der Waals surface area contributed by atoms with Gasteiger partial charge in [0, 0.05) is 19.2 Å². The maximum atomic E-state index is 7.42. The molecule has 0 radical (unpaired) electrons. The van der Waals surface area contributed by atoms with Gasteiger partial charge in [0.15, 0.2) is 0 Å². The molecule has 0 atom stereocenters. The van der Waals surface area contributed by atoms with Crippen LogP contribution in [0.2, 0.25) is 5.02 Å². The largest absolute Gasteiger partial charge is 0.497 e. The number of amidine groups is 1. The first-order chi connectivity index (χ1) is 10.0. The molecule has 0 aliphatic rings. The third-order valence-corrected chi connectivity index (χ3v) is 3.55. The number of nitrogens with two attached hydrogens (primary N) is 1. The normalized spacial score (nSPS) is 10.2. The van der Waals surface area contributed by atoms with E-state index in [0.717, 1.165) is 23.5 Å². The minimum absolute atomic E-state index is 0.0151. The van der Waals surface area contributed by atoms with Crippen molar-refractivity contribution in [2.75, 3.05) is 19.1 Å². The van der Waals surface area contributed by atoms with Gasteiger partial charge in [0.2, 0.25) is 0 Å². The molecule has 0 spiro atoms. The van der Waals surface area contributed by atoms with Crippen LogP contribution in [-0.2, 0) is 6.54 Å². The molecule has 3 N–H and O–H groups in total. The Morgan fingerprint density at radius 2 is 1.90 bits per heavy atom. The Hall–Kier alpha value is -2.20. The maximum absolute atomic E-state index is 7.42. The van der Waals surface area contributed by atoms with Crippen LogP contribution in [0.4, 0.5) is 5.69 Å². The lowest BCUT2D eigenvalue weighted by atomic mass is 10.1. The third kappa shape index (κ3) is 3.67. The zero-order valence-corrected chi connectivity index (χ0v) is 12.8. The zero-order valence-electron chi connectivity index (χ0n) is 12.1. The van der Waals surface area contributed by atoms with Crippen LogP contribution in [0.25, 0.3) is 0 Å². The SMILES string of the molecule is COc1ccc(CN(C)c2ccc(C(=N)N)cc2Cl)cc1. The number of benzene rings is 2. The molecule has 5 heteroatoms. The van der Waals surface area contributed by atoms with E-state index >= 15 is 0 Å². The minimum atomic E-state index is 0.0151. The van der Waals surface area contributed by atoms with Crippen molar-refractivity contribution in [2.24, 2.45) is 5.73 Å². The van der Waals surface area contributed by atoms with Crippen LogP contribution in [0.15, 0.2) is 42.5 Å². The monoisotopic (exact) mass is 303 g/mol. The first-order valence-electron chi connectivity index (χ1n) is 6.49. The third-order valence-electron chi connectivity index (χ3n) is 3.25. The van der Waals surface area contributed by atoms with Gasteiger partial charge in [-0.05, 0) is 35.9 Å². The quantitative estimate of drug-likeness (QED) is 0.658. The van der Waals surface area contributed by atoms with Crippen molar-refractivity contribution in [1.29, 1.82) is 5.41 Å². The Kier molecular flexibility index (Phi) is 4.70. The van der Waals surface area contributed by atoms with E-state index in [1.165, 1.54) is 0 Å². The topological polar surface area (TPSA) is 62.3 Å². The number of ether oxygens (including phenoxy) is 1. The van der Waals surface area contributed by atoms with Crippen molar-refractivity contribution >= 4 is 23.1 Å². The summed E-state index contributed by atoms with van der Waals surface area (Å²) in [6.45, 7) is 0.725. The molecule has 110 valence electrons. The fourth-order valence-electron chi connectivity index (χ4n) is 2.07. The van der Waals surface area contributed by atoms with Crippen molar-refractivity contribution < 1.29 is 4.74 Å². The molecule has 0 saturated heterocycles. The summed E-state index contributed by atoms with van der Waals surface area (Å²) in [6, 6.07) is 13.3. The van der Waals surface area contributed by atoms with E-state index in [2.05, 4.69) is 0 Å². The van der Waals surface area contributed by atoms with Gasteiger partial charge in [0.1, 0.15) is 11.6 Å². The second-order valence-electron chi connectivity index (χ2n) is 4.78. The highest BCUT2D eigenvalue weighted by molar-refractivity contribution is 6.33. The van der Waals surface area contributed by atoms with Crippen LogP contribution in [0, 0.1) is 5.41 Å². The molecule has 2 aromatic carbocycles. The van der Waals surface area contributed by atoms with Gasteiger partial charge in [-0.1, -0.05) is 23.7 Å². The Morgan fingerprint density at radius 1 is 1.24 bits per heavy atom. The molecule has 2 aromatic rings. The average molecular weight is 304 g/mol. The fourth-order valence-corrected chi connectivity index (χ4v) is 2.40. The molecular formula is C16H18ClN3O. The number of hydrogen-bond donors (Lipinski definition) is 2. The standard InChI is InChI=1S/C16H18ClN3O/c1-20(10-11-3-6-13(21-2)7-4-11)15-8-5-12(16(18)19)9-14(15)17/h3-9H,10H2,1-2H3,(H3,18,19). The predicted octanol–water partition coefficient (Wildman–Crippen LogP) is 3.27. The molecule has 21 heavy (non-hydrogen) atoms. The number of rotatable bonds is 5. The van der Waals surface area contributed by atoms with E-state index in [1.54, 1.807) is 19.2 Å². The molecule has 0 fully saturated rings. The maximum Gasteiger partial charge on any atom is 0.122 e. The summed E-state index contributed by atoms with van der Waals surface area (Å²) in [5, 5.41) is 8.00. The molecule has 0 heterocycles. The zero-order chi connectivity index (χ0) is 15.4. The molecular weight excluding hydrogens is 286 g/mol. The highest BCUT2D eigenvalue weighted by Gasteiger charge is 2.09. The predicted molar refractivity (Wildman–Crippen MR) is 87.6 cm³/mol. The Morgan fingerprint density at radius 3 is 2.43 bits per heavy atom. The van der Waals surface area contributed by atoms with Crippen LogP contribution in [0.5, 0.6) is 5.75 Å². The van der Waals surface area contributed by atoms with E-state index in [0.29, 0.717) is 10.6 Å². The summed E-state index contributed by atoms with van der Waals surface area (Å²) in [7, 11) is 3.62. The van der Waals surface area contributed by atoms with Crippen molar-refractivity contribution in [3.8, 4) is 5.75 Å².